The van der Waals surface area contributed by atoms with Gasteiger partial charge in [-0.1, -0.05) is 109 Å². The average Bonchev–Trinajstić information content (AvgIpc) is 3.87. The zero-order chi connectivity index (χ0) is 35.9. The first-order valence-corrected chi connectivity index (χ1v) is 21.6. The van der Waals surface area contributed by atoms with Gasteiger partial charge in [0.05, 0.1) is 18.1 Å². The first-order chi connectivity index (χ1) is 24.4. The number of hydrogen-bond donors (Lipinski definition) is 0. The van der Waals surface area contributed by atoms with Crippen molar-refractivity contribution in [3.8, 4) is 22.3 Å². The third-order valence-corrected chi connectivity index (χ3v) is 16.5. The Morgan fingerprint density at radius 3 is 1.20 bits per heavy atom. The Kier molecular flexibility index (Phi) is 8.26. The van der Waals surface area contributed by atoms with E-state index in [1.807, 2.05) is 26.0 Å². The first kappa shape index (κ1) is 33.8. The van der Waals surface area contributed by atoms with E-state index in [1.54, 1.807) is 0 Å². The lowest BCUT2D eigenvalue weighted by Gasteiger charge is -2.39. The van der Waals surface area contributed by atoms with Crippen molar-refractivity contribution in [3.63, 3.8) is 0 Å². The van der Waals surface area contributed by atoms with Gasteiger partial charge in [0, 0.05) is 33.4 Å². The molecule has 0 saturated heterocycles. The molecule has 6 aromatic rings. The van der Waals surface area contributed by atoms with Gasteiger partial charge < -0.3 is 8.83 Å². The summed E-state index contributed by atoms with van der Waals surface area (Å²) in [6.07, 6.45) is 0. The van der Waals surface area contributed by atoms with Gasteiger partial charge in [0.1, 0.15) is 23.0 Å². The van der Waals surface area contributed by atoms with Crippen LogP contribution < -0.4 is 0 Å². The molecule has 0 fully saturated rings. The second-order valence-electron chi connectivity index (χ2n) is 15.0. The first-order valence-electron chi connectivity index (χ1n) is 17.7. The summed E-state index contributed by atoms with van der Waals surface area (Å²) in [5.74, 6) is 3.40. The van der Waals surface area contributed by atoms with Gasteiger partial charge in [0.15, 0.2) is 0 Å². The van der Waals surface area contributed by atoms with Crippen LogP contribution in [0.2, 0.25) is 13.1 Å². The minimum atomic E-state index is -2.63. The number of allylic oxidation sites excluding steroid dienone is 2. The summed E-state index contributed by atoms with van der Waals surface area (Å²) in [6.45, 7) is 17.9. The maximum absolute atomic E-state index is 7.76. The van der Waals surface area contributed by atoms with Crippen molar-refractivity contribution in [1.29, 1.82) is 0 Å². The second kappa shape index (κ2) is 12.4. The average molecular weight is 726 g/mol. The number of rotatable bonds is 6. The zero-order valence-electron chi connectivity index (χ0n) is 30.5. The highest BCUT2D eigenvalue weighted by Crippen LogP contribution is 2.63. The molecule has 2 atom stereocenters. The summed E-state index contributed by atoms with van der Waals surface area (Å²) < 4.78 is 13.0. The molecule has 8 rings (SSSR count). The van der Waals surface area contributed by atoms with Gasteiger partial charge >= 0.3 is 0 Å². The van der Waals surface area contributed by atoms with Gasteiger partial charge in [-0.3, -0.25) is 0 Å². The molecule has 2 aromatic heterocycles. The Morgan fingerprint density at radius 1 is 0.490 bits per heavy atom. The molecule has 51 heavy (non-hydrogen) atoms. The van der Waals surface area contributed by atoms with E-state index in [0.717, 1.165) is 55.4 Å². The fourth-order valence-electron chi connectivity index (χ4n) is 8.95. The molecule has 0 aliphatic heterocycles. The van der Waals surface area contributed by atoms with Crippen molar-refractivity contribution in [3.05, 3.63) is 165 Å². The van der Waals surface area contributed by atoms with Gasteiger partial charge in [-0.25, -0.2) is 0 Å². The lowest BCUT2D eigenvalue weighted by molar-refractivity contribution is 0.519. The molecule has 0 amide bonds. The molecular formula is C46H42Cl2O2Si. The third kappa shape index (κ3) is 5.19. The van der Waals surface area contributed by atoms with Crippen LogP contribution in [0.5, 0.6) is 0 Å². The summed E-state index contributed by atoms with van der Waals surface area (Å²) in [7, 11) is -2.63. The van der Waals surface area contributed by atoms with E-state index < -0.39 is 8.07 Å². The van der Waals surface area contributed by atoms with Crippen LogP contribution in [-0.2, 0) is 0 Å². The Labute approximate surface area is 312 Å². The number of halogens is 2. The molecule has 0 bridgehead atoms. The van der Waals surface area contributed by atoms with Crippen LogP contribution in [0.25, 0.3) is 43.5 Å². The van der Waals surface area contributed by atoms with Gasteiger partial charge in [-0.05, 0) is 121 Å². The van der Waals surface area contributed by atoms with Crippen LogP contribution in [0.15, 0.2) is 106 Å². The number of hydrogen-bond acceptors (Lipinski definition) is 2. The van der Waals surface area contributed by atoms with Gasteiger partial charge in [-0.2, -0.15) is 0 Å². The molecular weight excluding hydrogens is 683 g/mol. The lowest BCUT2D eigenvalue weighted by atomic mass is 9.89. The van der Waals surface area contributed by atoms with E-state index in [4.69, 9.17) is 32.0 Å². The topological polar surface area (TPSA) is 26.3 Å². The minimum absolute atomic E-state index is 0.000530. The van der Waals surface area contributed by atoms with Crippen molar-refractivity contribution < 1.29 is 8.83 Å². The summed E-state index contributed by atoms with van der Waals surface area (Å²) in [6, 6.07) is 34.5. The fourth-order valence-corrected chi connectivity index (χ4v) is 14.4. The quantitative estimate of drug-likeness (QED) is 0.160. The van der Waals surface area contributed by atoms with Crippen LogP contribution in [0, 0.1) is 41.5 Å². The summed E-state index contributed by atoms with van der Waals surface area (Å²) in [5.41, 5.74) is 16.7. The molecule has 0 radical (unpaired) electrons. The van der Waals surface area contributed by atoms with Gasteiger partial charge in [0.2, 0.25) is 0 Å². The van der Waals surface area contributed by atoms with Crippen molar-refractivity contribution in [2.75, 3.05) is 0 Å². The molecule has 0 N–H and O–H groups in total. The Hall–Kier alpha value is -4.28. The lowest BCUT2D eigenvalue weighted by Crippen LogP contribution is -2.42. The van der Waals surface area contributed by atoms with E-state index in [0.29, 0.717) is 0 Å². The minimum Gasteiger partial charge on any atom is -0.462 e. The molecule has 2 aliphatic rings. The summed E-state index contributed by atoms with van der Waals surface area (Å²) >= 11 is 15.5. The van der Waals surface area contributed by atoms with Crippen LogP contribution in [-0.4, -0.2) is 8.07 Å². The summed E-state index contributed by atoms with van der Waals surface area (Å²) in [5, 5.41) is 1.56. The number of furan rings is 2. The van der Waals surface area contributed by atoms with Gasteiger partial charge in [0.25, 0.3) is 0 Å². The van der Waals surface area contributed by atoms with Crippen molar-refractivity contribution in [2.45, 2.75) is 65.7 Å². The van der Waals surface area contributed by atoms with Gasteiger partial charge in [-0.15, -0.1) is 0 Å². The third-order valence-electron chi connectivity index (χ3n) is 11.5. The standard InChI is InChI=1S/C46H42Cl2O2Si/c1-25-23-33-39(37(29(25)5)31-15-11-9-12-16-31)43(47)41(35-21-19-27(3)49-35)45(33)51(7,8)46-34-24-26(2)30(6)38(32-17-13-10-14-18-32)40(34)44(48)42(46)36-22-20-28(4)50-36/h9-24,45-46H,1-8H3. The van der Waals surface area contributed by atoms with Crippen molar-refractivity contribution in [1.82, 2.24) is 0 Å². The molecule has 5 heteroatoms. The molecule has 4 aromatic carbocycles. The van der Waals surface area contributed by atoms with E-state index in [2.05, 4.69) is 126 Å². The smallest absolute Gasteiger partial charge is 0.132 e. The predicted octanol–water partition coefficient (Wildman–Crippen LogP) is 14.0. The Morgan fingerprint density at radius 2 is 0.863 bits per heavy atom. The number of benzene rings is 4. The highest BCUT2D eigenvalue weighted by atomic mass is 35.5. The maximum atomic E-state index is 7.76. The zero-order valence-corrected chi connectivity index (χ0v) is 33.0. The molecule has 2 nitrogen and oxygen atoms in total. The molecule has 2 heterocycles. The second-order valence-corrected chi connectivity index (χ2v) is 20.6. The summed E-state index contributed by atoms with van der Waals surface area (Å²) in [4.78, 5) is 0. The Bertz CT molecular complexity index is 2260. The van der Waals surface area contributed by atoms with Crippen LogP contribution in [0.4, 0.5) is 0 Å². The van der Waals surface area contributed by atoms with E-state index in [1.165, 1.54) is 55.6 Å². The molecule has 0 spiro atoms. The van der Waals surface area contributed by atoms with Crippen LogP contribution in [0.1, 0.15) is 78.6 Å². The van der Waals surface area contributed by atoms with E-state index in [9.17, 15) is 0 Å². The van der Waals surface area contributed by atoms with Crippen molar-refractivity contribution >= 4 is 52.5 Å². The Balaban J connectivity index is 1.45. The SMILES string of the molecule is Cc1ccc(C2=C(Cl)c3c(cc(C)c(C)c3-c3ccccc3)C2[Si](C)(C)C2C(c3ccc(C)o3)=C(Cl)c3c2cc(C)c(C)c3-c2ccccc2)o1. The highest BCUT2D eigenvalue weighted by Gasteiger charge is 2.53. The van der Waals surface area contributed by atoms with E-state index >= 15 is 0 Å². The molecule has 2 unspecified atom stereocenters. The maximum Gasteiger partial charge on any atom is 0.132 e. The van der Waals surface area contributed by atoms with E-state index in [-0.39, 0.29) is 11.1 Å². The molecule has 2 aliphatic carbocycles. The molecule has 0 saturated carbocycles. The number of aryl methyl sites for hydroxylation is 4. The predicted molar refractivity (Wildman–Crippen MR) is 218 cm³/mol. The number of fused-ring (bicyclic) bond motifs is 2. The fraction of sp³-hybridized carbons (Fsp3) is 0.217. The largest absolute Gasteiger partial charge is 0.462 e. The van der Waals surface area contributed by atoms with Crippen molar-refractivity contribution in [2.24, 2.45) is 0 Å². The monoisotopic (exact) mass is 724 g/mol. The van der Waals surface area contributed by atoms with Crippen LogP contribution >= 0.6 is 23.2 Å². The normalized spacial score (nSPS) is 17.1. The van der Waals surface area contributed by atoms with Crippen LogP contribution in [0.3, 0.4) is 0 Å². The highest BCUT2D eigenvalue weighted by molar-refractivity contribution is 6.85. The molecule has 256 valence electrons.